The second-order valence-corrected chi connectivity index (χ2v) is 9.04. The fourth-order valence-electron chi connectivity index (χ4n) is 3.29. The number of hydrogen-bond donors (Lipinski definition) is 1. The number of benzene rings is 1. The van der Waals surface area contributed by atoms with Gasteiger partial charge in [-0.05, 0) is 35.8 Å². The third-order valence-electron chi connectivity index (χ3n) is 4.64. The van der Waals surface area contributed by atoms with Crippen molar-refractivity contribution >= 4 is 57.0 Å². The van der Waals surface area contributed by atoms with Crippen molar-refractivity contribution < 1.29 is 23.4 Å². The molecule has 2 heterocycles. The van der Waals surface area contributed by atoms with Gasteiger partial charge < -0.3 is 0 Å². The number of imide groups is 2. The lowest BCUT2D eigenvalue weighted by molar-refractivity contribution is -0.136. The second-order valence-electron chi connectivity index (χ2n) is 6.43. The molecule has 9 heteroatoms. The number of halogens is 1. The first-order chi connectivity index (χ1) is 13.0. The van der Waals surface area contributed by atoms with Gasteiger partial charge in [-0.1, -0.05) is 35.1 Å². The molecule has 2 aliphatic rings. The highest BCUT2D eigenvalue weighted by molar-refractivity contribution is 14.1. The van der Waals surface area contributed by atoms with Crippen LogP contribution in [0, 0.1) is 0 Å². The molecule has 2 atom stereocenters. The minimum atomic E-state index is -1.40. The van der Waals surface area contributed by atoms with Crippen LogP contribution in [0.4, 0.5) is 0 Å². The Bertz CT molecular complexity index is 841. The van der Waals surface area contributed by atoms with Gasteiger partial charge in [0.2, 0.25) is 11.8 Å². The summed E-state index contributed by atoms with van der Waals surface area (Å²) in [6, 6.07) is 3.71. The lowest BCUT2D eigenvalue weighted by Crippen LogP contribution is -2.54. The molecule has 0 saturated carbocycles. The zero-order valence-electron chi connectivity index (χ0n) is 14.5. The highest BCUT2D eigenvalue weighted by Crippen LogP contribution is 2.31. The van der Waals surface area contributed by atoms with Gasteiger partial charge in [0.05, 0.1) is 26.8 Å². The van der Waals surface area contributed by atoms with Crippen LogP contribution in [0.1, 0.15) is 52.8 Å². The number of carbonyl (C=O) groups excluding carboxylic acids is 4. The Morgan fingerprint density at radius 1 is 1.11 bits per heavy atom. The molecule has 1 aromatic carbocycles. The Kier molecular flexibility index (Phi) is 6.40. The number of nitrogens with zero attached hydrogens (tertiary/aromatic N) is 1. The van der Waals surface area contributed by atoms with Gasteiger partial charge in [-0.15, -0.1) is 0 Å². The average molecular weight is 502 g/mol. The molecule has 0 radical (unpaired) electrons. The number of amides is 4. The summed E-state index contributed by atoms with van der Waals surface area (Å²) in [5, 5.41) is 2.17. The standard InChI is InChI=1S/C18H19IN2O5S/c19-9-2-1-3-10-27(26)13-6-4-5-11-15(13)18(25)21(17(11)24)12-7-8-14(22)20-16(12)23/h4-6,12H,1-3,7-10H2,(H,20,22,23). The minimum absolute atomic E-state index is 0.0689. The molecular weight excluding hydrogens is 483 g/mol. The van der Waals surface area contributed by atoms with E-state index in [0.717, 1.165) is 28.6 Å². The van der Waals surface area contributed by atoms with Crippen molar-refractivity contribution in [1.82, 2.24) is 10.2 Å². The molecule has 1 fully saturated rings. The van der Waals surface area contributed by atoms with Crippen LogP contribution in [0.3, 0.4) is 0 Å². The van der Waals surface area contributed by atoms with E-state index in [9.17, 15) is 23.4 Å². The molecule has 0 spiro atoms. The Morgan fingerprint density at radius 3 is 2.59 bits per heavy atom. The van der Waals surface area contributed by atoms with Crippen LogP contribution in [0.2, 0.25) is 0 Å². The predicted molar refractivity (Wildman–Crippen MR) is 107 cm³/mol. The lowest BCUT2D eigenvalue weighted by Gasteiger charge is -2.27. The van der Waals surface area contributed by atoms with E-state index in [1.165, 1.54) is 6.07 Å². The summed E-state index contributed by atoms with van der Waals surface area (Å²) in [5.74, 6) is -1.83. The van der Waals surface area contributed by atoms with Crippen LogP contribution < -0.4 is 5.32 Å². The Labute approximate surface area is 172 Å². The number of rotatable bonds is 7. The van der Waals surface area contributed by atoms with Crippen molar-refractivity contribution in [3.8, 4) is 0 Å². The van der Waals surface area contributed by atoms with Gasteiger partial charge >= 0.3 is 0 Å². The molecule has 0 bridgehead atoms. The van der Waals surface area contributed by atoms with E-state index in [1.54, 1.807) is 12.1 Å². The van der Waals surface area contributed by atoms with Gasteiger partial charge in [0.25, 0.3) is 11.8 Å². The van der Waals surface area contributed by atoms with Gasteiger partial charge in [-0.3, -0.25) is 33.6 Å². The average Bonchev–Trinajstić information content (AvgIpc) is 2.90. The maximum Gasteiger partial charge on any atom is 0.263 e. The molecule has 1 saturated heterocycles. The maximum absolute atomic E-state index is 12.9. The third-order valence-corrected chi connectivity index (χ3v) is 6.89. The number of nitrogens with one attached hydrogen (secondary N) is 1. The summed E-state index contributed by atoms with van der Waals surface area (Å²) in [5.41, 5.74) is 0.294. The molecule has 7 nitrogen and oxygen atoms in total. The molecule has 1 N–H and O–H groups in total. The van der Waals surface area contributed by atoms with Crippen molar-refractivity contribution in [3.63, 3.8) is 0 Å². The van der Waals surface area contributed by atoms with Crippen LogP contribution in [0.25, 0.3) is 0 Å². The summed E-state index contributed by atoms with van der Waals surface area (Å²) in [7, 11) is -1.40. The normalized spacial score (nSPS) is 20.6. The van der Waals surface area contributed by atoms with Gasteiger partial charge in [-0.2, -0.15) is 0 Å². The largest absolute Gasteiger partial charge is 0.295 e. The summed E-state index contributed by atoms with van der Waals surface area (Å²) >= 11 is 2.29. The Hall–Kier alpha value is -1.62. The highest BCUT2D eigenvalue weighted by atomic mass is 127. The van der Waals surface area contributed by atoms with E-state index < -0.39 is 40.5 Å². The molecular formula is C18H19IN2O5S. The van der Waals surface area contributed by atoms with Crippen molar-refractivity contribution in [2.24, 2.45) is 0 Å². The molecule has 0 aliphatic carbocycles. The van der Waals surface area contributed by atoms with Gasteiger partial charge in [-0.25, -0.2) is 0 Å². The summed E-state index contributed by atoms with van der Waals surface area (Å²) in [6.45, 7) is 0. The van der Waals surface area contributed by atoms with Crippen molar-refractivity contribution in [3.05, 3.63) is 29.3 Å². The van der Waals surface area contributed by atoms with Crippen LogP contribution in [-0.4, -0.2) is 49.0 Å². The zero-order chi connectivity index (χ0) is 19.6. The first kappa shape index (κ1) is 20.1. The first-order valence-electron chi connectivity index (χ1n) is 8.74. The SMILES string of the molecule is O=C1CCC(N2C(=O)c3cccc(S(=O)CCCCCI)c3C2=O)C(=O)N1. The van der Waals surface area contributed by atoms with Crippen LogP contribution in [0.5, 0.6) is 0 Å². The molecule has 4 amide bonds. The smallest absolute Gasteiger partial charge is 0.263 e. The molecule has 1 aromatic rings. The van der Waals surface area contributed by atoms with Crippen molar-refractivity contribution in [2.75, 3.05) is 10.2 Å². The Balaban J connectivity index is 1.85. The van der Waals surface area contributed by atoms with E-state index >= 15 is 0 Å². The topological polar surface area (TPSA) is 101 Å². The summed E-state index contributed by atoms with van der Waals surface area (Å²) in [6.07, 6.45) is 2.95. The number of piperidine rings is 1. The van der Waals surface area contributed by atoms with Crippen LogP contribution >= 0.6 is 22.6 Å². The first-order valence-corrected chi connectivity index (χ1v) is 11.6. The zero-order valence-corrected chi connectivity index (χ0v) is 17.5. The molecule has 144 valence electrons. The fourth-order valence-corrected chi connectivity index (χ4v) is 5.17. The highest BCUT2D eigenvalue weighted by Gasteiger charge is 2.45. The summed E-state index contributed by atoms with van der Waals surface area (Å²) in [4.78, 5) is 50.4. The fraction of sp³-hybridized carbons (Fsp3) is 0.444. The maximum atomic E-state index is 12.9. The van der Waals surface area contributed by atoms with Gasteiger partial charge in [0.15, 0.2) is 0 Å². The van der Waals surface area contributed by atoms with E-state index in [0.29, 0.717) is 10.6 Å². The van der Waals surface area contributed by atoms with Crippen molar-refractivity contribution in [2.45, 2.75) is 43.0 Å². The van der Waals surface area contributed by atoms with Gasteiger partial charge in [0, 0.05) is 12.2 Å². The van der Waals surface area contributed by atoms with E-state index in [2.05, 4.69) is 27.9 Å². The molecule has 2 unspecified atom stereocenters. The molecule has 0 aromatic heterocycles. The van der Waals surface area contributed by atoms with Crippen molar-refractivity contribution in [1.29, 1.82) is 0 Å². The van der Waals surface area contributed by atoms with E-state index in [4.69, 9.17) is 0 Å². The number of alkyl halides is 1. The Morgan fingerprint density at radius 2 is 1.89 bits per heavy atom. The number of unbranched alkanes of at least 4 members (excludes halogenated alkanes) is 2. The molecule has 2 aliphatic heterocycles. The number of fused-ring (bicyclic) bond motifs is 1. The van der Waals surface area contributed by atoms with Crippen LogP contribution in [-0.2, 0) is 20.4 Å². The van der Waals surface area contributed by atoms with E-state index in [-0.39, 0.29) is 24.0 Å². The minimum Gasteiger partial charge on any atom is -0.295 e. The lowest BCUT2D eigenvalue weighted by atomic mass is 10.0. The van der Waals surface area contributed by atoms with Crippen LogP contribution in [0.15, 0.2) is 23.1 Å². The summed E-state index contributed by atoms with van der Waals surface area (Å²) < 4.78 is 13.8. The quantitative estimate of drug-likeness (QED) is 0.265. The predicted octanol–water partition coefficient (Wildman–Crippen LogP) is 1.80. The number of carbonyl (C=O) groups is 4. The second kappa shape index (κ2) is 8.59. The number of hydrogen-bond acceptors (Lipinski definition) is 5. The third kappa shape index (κ3) is 3.98. The van der Waals surface area contributed by atoms with E-state index in [1.807, 2.05) is 0 Å². The monoisotopic (exact) mass is 502 g/mol. The van der Waals surface area contributed by atoms with Gasteiger partial charge in [0.1, 0.15) is 6.04 Å². The molecule has 3 rings (SSSR count). The molecule has 27 heavy (non-hydrogen) atoms.